The highest BCUT2D eigenvalue weighted by atomic mass is 35.5. The van der Waals surface area contributed by atoms with Crippen LogP contribution in [0.25, 0.3) is 0 Å². The van der Waals surface area contributed by atoms with Crippen LogP contribution in [0, 0.1) is 0 Å². The molecule has 2 aliphatic heterocycles. The third kappa shape index (κ3) is 4.67. The summed E-state index contributed by atoms with van der Waals surface area (Å²) >= 11 is 6.14. The van der Waals surface area contributed by atoms with Gasteiger partial charge in [-0.25, -0.2) is 4.98 Å². The lowest BCUT2D eigenvalue weighted by atomic mass is 10.2. The fourth-order valence-electron chi connectivity index (χ4n) is 4.34. The molecule has 7 nitrogen and oxygen atoms in total. The van der Waals surface area contributed by atoms with Gasteiger partial charge in [-0.1, -0.05) is 29.8 Å². The number of hydrogen-bond donors (Lipinski definition) is 1. The van der Waals surface area contributed by atoms with Crippen LogP contribution in [-0.4, -0.2) is 56.3 Å². The van der Waals surface area contributed by atoms with E-state index in [9.17, 15) is 9.59 Å². The number of rotatable bonds is 5. The van der Waals surface area contributed by atoms with Crippen molar-refractivity contribution < 1.29 is 9.59 Å². The minimum atomic E-state index is -0.262. The highest BCUT2D eigenvalue weighted by Crippen LogP contribution is 2.23. The molecule has 1 saturated heterocycles. The monoisotopic (exact) mass is 441 g/mol. The molecule has 2 aliphatic rings. The first kappa shape index (κ1) is 21.6. The number of benzene rings is 1. The fourth-order valence-corrected chi connectivity index (χ4v) is 4.52. The molecule has 8 heteroatoms. The summed E-state index contributed by atoms with van der Waals surface area (Å²) in [7, 11) is 0. The van der Waals surface area contributed by atoms with Gasteiger partial charge in [0.1, 0.15) is 11.5 Å². The highest BCUT2D eigenvalue weighted by Gasteiger charge is 2.27. The topological polar surface area (TPSA) is 70.5 Å². The second-order valence-corrected chi connectivity index (χ2v) is 8.71. The Morgan fingerprint density at radius 3 is 2.81 bits per heavy atom. The fraction of sp³-hybridized carbons (Fsp3) is 0.435. The zero-order chi connectivity index (χ0) is 22.0. The second-order valence-electron chi connectivity index (χ2n) is 8.31. The zero-order valence-corrected chi connectivity index (χ0v) is 18.7. The molecule has 1 unspecified atom stereocenters. The molecule has 0 aliphatic carbocycles. The van der Waals surface area contributed by atoms with Crippen LogP contribution in [0.4, 0.5) is 5.69 Å². The van der Waals surface area contributed by atoms with Crippen molar-refractivity contribution >= 4 is 29.1 Å². The van der Waals surface area contributed by atoms with Gasteiger partial charge in [-0.15, -0.1) is 0 Å². The van der Waals surface area contributed by atoms with Crippen LogP contribution in [0.5, 0.6) is 0 Å². The van der Waals surface area contributed by atoms with Crippen molar-refractivity contribution in [1.29, 1.82) is 0 Å². The van der Waals surface area contributed by atoms with E-state index in [2.05, 4.69) is 29.0 Å². The van der Waals surface area contributed by atoms with Crippen LogP contribution in [-0.2, 0) is 17.9 Å². The number of aromatic nitrogens is 2. The van der Waals surface area contributed by atoms with Crippen molar-refractivity contribution in [3.05, 3.63) is 59.2 Å². The van der Waals surface area contributed by atoms with E-state index in [0.717, 1.165) is 13.0 Å². The molecule has 1 atom stereocenters. The molecule has 0 saturated carbocycles. The minimum Gasteiger partial charge on any atom is -0.330 e. The molecule has 2 amide bonds. The predicted molar refractivity (Wildman–Crippen MR) is 121 cm³/mol. The molecule has 2 aromatic rings. The summed E-state index contributed by atoms with van der Waals surface area (Å²) in [5.74, 6) is 0.440. The highest BCUT2D eigenvalue weighted by molar-refractivity contribution is 6.33. The number of anilines is 1. The lowest BCUT2D eigenvalue weighted by molar-refractivity contribution is -0.127. The average molecular weight is 442 g/mol. The SMILES string of the molecule is CC(C)N1CCCC1/C=C/C(=O)N1CCn2c(C(=O)Nc3ccccc3Cl)cnc2C1. The van der Waals surface area contributed by atoms with Crippen LogP contribution in [0.3, 0.4) is 0 Å². The summed E-state index contributed by atoms with van der Waals surface area (Å²) < 4.78 is 1.87. The summed E-state index contributed by atoms with van der Waals surface area (Å²) in [6.45, 7) is 6.93. The summed E-state index contributed by atoms with van der Waals surface area (Å²) in [6.07, 6.45) is 7.57. The van der Waals surface area contributed by atoms with Crippen molar-refractivity contribution in [2.24, 2.45) is 0 Å². The molecule has 31 heavy (non-hydrogen) atoms. The quantitative estimate of drug-likeness (QED) is 0.720. The smallest absolute Gasteiger partial charge is 0.273 e. The van der Waals surface area contributed by atoms with Gasteiger partial charge in [0, 0.05) is 31.2 Å². The van der Waals surface area contributed by atoms with E-state index in [1.807, 2.05) is 22.8 Å². The molecule has 1 aromatic heterocycles. The molecule has 1 N–H and O–H groups in total. The van der Waals surface area contributed by atoms with E-state index in [4.69, 9.17) is 11.6 Å². The molecular formula is C23H28ClN5O2. The Hall–Kier alpha value is -2.64. The predicted octanol–water partition coefficient (Wildman–Crippen LogP) is 3.56. The van der Waals surface area contributed by atoms with Crippen molar-refractivity contribution in [1.82, 2.24) is 19.4 Å². The number of imidazole rings is 1. The summed E-state index contributed by atoms with van der Waals surface area (Å²) in [4.78, 5) is 34.1. The molecule has 0 spiro atoms. The van der Waals surface area contributed by atoms with Crippen LogP contribution < -0.4 is 5.32 Å². The summed E-state index contributed by atoms with van der Waals surface area (Å²) in [5.41, 5.74) is 1.03. The van der Waals surface area contributed by atoms with Crippen molar-refractivity contribution in [2.45, 2.75) is 51.9 Å². The van der Waals surface area contributed by atoms with E-state index in [1.165, 1.54) is 6.42 Å². The number of nitrogens with one attached hydrogen (secondary N) is 1. The molecular weight excluding hydrogens is 414 g/mol. The maximum absolute atomic E-state index is 12.8. The Kier molecular flexibility index (Phi) is 6.43. The summed E-state index contributed by atoms with van der Waals surface area (Å²) in [5, 5.41) is 3.32. The van der Waals surface area contributed by atoms with Crippen LogP contribution in [0.1, 0.15) is 43.0 Å². The van der Waals surface area contributed by atoms with Gasteiger partial charge in [-0.05, 0) is 45.4 Å². The van der Waals surface area contributed by atoms with E-state index >= 15 is 0 Å². The number of halogens is 1. The van der Waals surface area contributed by atoms with Crippen molar-refractivity contribution in [3.63, 3.8) is 0 Å². The van der Waals surface area contributed by atoms with Gasteiger partial charge in [0.15, 0.2) is 0 Å². The Bertz CT molecular complexity index is 1000. The van der Waals surface area contributed by atoms with E-state index in [1.54, 1.807) is 29.3 Å². The van der Waals surface area contributed by atoms with Gasteiger partial charge >= 0.3 is 0 Å². The third-order valence-electron chi connectivity index (χ3n) is 6.00. The Morgan fingerprint density at radius 1 is 1.23 bits per heavy atom. The Balaban J connectivity index is 1.40. The number of nitrogens with zero attached hydrogens (tertiary/aromatic N) is 4. The number of para-hydroxylation sites is 1. The van der Waals surface area contributed by atoms with E-state index < -0.39 is 0 Å². The van der Waals surface area contributed by atoms with Gasteiger partial charge in [-0.3, -0.25) is 14.5 Å². The number of carbonyl (C=O) groups is 2. The third-order valence-corrected chi connectivity index (χ3v) is 6.33. The van der Waals surface area contributed by atoms with Gasteiger partial charge in [0.25, 0.3) is 5.91 Å². The molecule has 0 radical (unpaired) electrons. The second kappa shape index (κ2) is 9.24. The molecule has 3 heterocycles. The number of hydrogen-bond acceptors (Lipinski definition) is 4. The summed E-state index contributed by atoms with van der Waals surface area (Å²) in [6, 6.07) is 7.92. The van der Waals surface area contributed by atoms with Gasteiger partial charge in [-0.2, -0.15) is 0 Å². The zero-order valence-electron chi connectivity index (χ0n) is 17.9. The van der Waals surface area contributed by atoms with Crippen LogP contribution in [0.15, 0.2) is 42.6 Å². The lowest BCUT2D eigenvalue weighted by Gasteiger charge is -2.28. The van der Waals surface area contributed by atoms with Gasteiger partial charge < -0.3 is 14.8 Å². The normalized spacial score (nSPS) is 19.2. The molecule has 1 aromatic carbocycles. The van der Waals surface area contributed by atoms with Crippen LogP contribution >= 0.6 is 11.6 Å². The van der Waals surface area contributed by atoms with Crippen LogP contribution in [0.2, 0.25) is 5.02 Å². The number of likely N-dealkylation sites (tertiary alicyclic amines) is 1. The van der Waals surface area contributed by atoms with E-state index in [0.29, 0.717) is 53.9 Å². The standard InChI is InChI=1S/C23H28ClN5O2/c1-16(2)28-11-5-6-17(28)9-10-22(30)27-12-13-29-20(14-25-21(29)15-27)23(31)26-19-8-4-3-7-18(19)24/h3-4,7-10,14,16-17H,5-6,11-13,15H2,1-2H3,(H,26,31)/b10-9+. The lowest BCUT2D eigenvalue weighted by Crippen LogP contribution is -2.39. The Morgan fingerprint density at radius 2 is 2.03 bits per heavy atom. The molecule has 164 valence electrons. The molecule has 4 rings (SSSR count). The van der Waals surface area contributed by atoms with Crippen molar-refractivity contribution in [3.8, 4) is 0 Å². The first-order chi connectivity index (χ1) is 14.9. The van der Waals surface area contributed by atoms with E-state index in [-0.39, 0.29) is 11.8 Å². The molecule has 1 fully saturated rings. The van der Waals surface area contributed by atoms with Crippen molar-refractivity contribution in [2.75, 3.05) is 18.4 Å². The number of carbonyl (C=O) groups excluding carboxylic acids is 2. The minimum absolute atomic E-state index is 0.00748. The largest absolute Gasteiger partial charge is 0.330 e. The number of amides is 2. The molecule has 0 bridgehead atoms. The van der Waals surface area contributed by atoms with Gasteiger partial charge in [0.2, 0.25) is 5.91 Å². The number of fused-ring (bicyclic) bond motifs is 1. The maximum atomic E-state index is 12.8. The Labute approximate surface area is 187 Å². The van der Waals surface area contributed by atoms with Gasteiger partial charge in [0.05, 0.1) is 23.5 Å². The first-order valence-electron chi connectivity index (χ1n) is 10.8. The average Bonchev–Trinajstić information content (AvgIpc) is 3.40. The maximum Gasteiger partial charge on any atom is 0.273 e. The first-order valence-corrected chi connectivity index (χ1v) is 11.1.